The van der Waals surface area contributed by atoms with Gasteiger partial charge in [0.25, 0.3) is 0 Å². The van der Waals surface area contributed by atoms with E-state index in [0.717, 1.165) is 30.5 Å². The van der Waals surface area contributed by atoms with Gasteiger partial charge in [-0.1, -0.05) is 12.1 Å². The minimum Gasteiger partial charge on any atom is -0.310 e. The summed E-state index contributed by atoms with van der Waals surface area (Å²) in [5.41, 5.74) is 1.48. The Hall–Kier alpha value is -1.81. The minimum atomic E-state index is -0.425. The van der Waals surface area contributed by atoms with E-state index in [9.17, 15) is 13.2 Å². The number of benzene rings is 2. The van der Waals surface area contributed by atoms with Crippen molar-refractivity contribution in [2.45, 2.75) is 31.3 Å². The molecule has 0 aromatic heterocycles. The molecule has 1 aliphatic rings. The van der Waals surface area contributed by atoms with Gasteiger partial charge in [0.05, 0.1) is 0 Å². The second kappa shape index (κ2) is 5.90. The van der Waals surface area contributed by atoms with Crippen LogP contribution in [0.5, 0.6) is 0 Å². The molecule has 110 valence electrons. The number of halogens is 3. The summed E-state index contributed by atoms with van der Waals surface area (Å²) in [6, 6.07) is 10.3. The van der Waals surface area contributed by atoms with Gasteiger partial charge in [0.1, 0.15) is 17.5 Å². The molecule has 2 aromatic rings. The molecule has 21 heavy (non-hydrogen) atoms. The van der Waals surface area contributed by atoms with Crippen molar-refractivity contribution in [1.82, 2.24) is 5.32 Å². The summed E-state index contributed by atoms with van der Waals surface area (Å²) >= 11 is 0. The summed E-state index contributed by atoms with van der Waals surface area (Å²) < 4.78 is 39.4. The van der Waals surface area contributed by atoms with Gasteiger partial charge >= 0.3 is 0 Å². The van der Waals surface area contributed by atoms with Crippen molar-refractivity contribution >= 4 is 0 Å². The molecule has 0 heterocycles. The highest BCUT2D eigenvalue weighted by Gasteiger charge is 2.29. The zero-order valence-electron chi connectivity index (χ0n) is 11.5. The van der Waals surface area contributed by atoms with Crippen LogP contribution in [-0.4, -0.2) is 6.04 Å². The molecule has 1 saturated carbocycles. The number of rotatable bonds is 4. The maximum Gasteiger partial charge on any atom is 0.127 e. The van der Waals surface area contributed by atoms with Crippen LogP contribution in [0.1, 0.15) is 29.9 Å². The lowest BCUT2D eigenvalue weighted by Crippen LogP contribution is -2.39. The van der Waals surface area contributed by atoms with Crippen LogP contribution in [0.3, 0.4) is 0 Å². The minimum absolute atomic E-state index is 0.227. The fraction of sp³-hybridized carbons (Fsp3) is 0.294. The molecule has 0 aliphatic heterocycles. The molecule has 0 atom stereocenters. The molecular formula is C17H16F3N. The second-order valence-electron chi connectivity index (χ2n) is 5.53. The van der Waals surface area contributed by atoms with Gasteiger partial charge in [-0.15, -0.1) is 0 Å². The zero-order valence-corrected chi connectivity index (χ0v) is 11.5. The highest BCUT2D eigenvalue weighted by atomic mass is 19.1. The van der Waals surface area contributed by atoms with Gasteiger partial charge in [-0.3, -0.25) is 0 Å². The smallest absolute Gasteiger partial charge is 0.127 e. The normalized spacial score (nSPS) is 21.1. The van der Waals surface area contributed by atoms with Crippen LogP contribution in [0.15, 0.2) is 42.5 Å². The lowest BCUT2D eigenvalue weighted by molar-refractivity contribution is 0.288. The van der Waals surface area contributed by atoms with E-state index >= 15 is 0 Å². The van der Waals surface area contributed by atoms with Gasteiger partial charge in [0.15, 0.2) is 0 Å². The summed E-state index contributed by atoms with van der Waals surface area (Å²) in [4.78, 5) is 0. The molecule has 0 saturated heterocycles. The molecule has 0 bridgehead atoms. The average Bonchev–Trinajstić information content (AvgIpc) is 2.42. The third-order valence-corrected chi connectivity index (χ3v) is 4.07. The topological polar surface area (TPSA) is 12.0 Å². The molecule has 3 rings (SSSR count). The number of hydrogen-bond acceptors (Lipinski definition) is 1. The number of hydrogen-bond donors (Lipinski definition) is 1. The van der Waals surface area contributed by atoms with E-state index < -0.39 is 11.6 Å². The second-order valence-corrected chi connectivity index (χ2v) is 5.53. The van der Waals surface area contributed by atoms with Crippen molar-refractivity contribution in [3.8, 4) is 0 Å². The highest BCUT2D eigenvalue weighted by molar-refractivity contribution is 5.24. The van der Waals surface area contributed by atoms with E-state index in [0.29, 0.717) is 24.1 Å². The predicted octanol–water partition coefficient (Wildman–Crippen LogP) is 4.14. The monoisotopic (exact) mass is 291 g/mol. The third kappa shape index (κ3) is 3.27. The van der Waals surface area contributed by atoms with Gasteiger partial charge in [0, 0.05) is 18.2 Å². The first-order valence-electron chi connectivity index (χ1n) is 7.04. The van der Waals surface area contributed by atoms with Crippen LogP contribution in [0.25, 0.3) is 0 Å². The van der Waals surface area contributed by atoms with E-state index in [1.807, 2.05) is 12.1 Å². The van der Waals surface area contributed by atoms with Crippen LogP contribution < -0.4 is 5.32 Å². The third-order valence-electron chi connectivity index (χ3n) is 4.07. The Morgan fingerprint density at radius 2 is 1.57 bits per heavy atom. The van der Waals surface area contributed by atoms with E-state index in [1.54, 1.807) is 0 Å². The molecule has 1 nitrogen and oxygen atoms in total. The number of nitrogens with one attached hydrogen (secondary N) is 1. The largest absolute Gasteiger partial charge is 0.310 e. The molecule has 4 heteroatoms. The van der Waals surface area contributed by atoms with Crippen molar-refractivity contribution in [1.29, 1.82) is 0 Å². The Bertz CT molecular complexity index is 618. The summed E-state index contributed by atoms with van der Waals surface area (Å²) in [6.07, 6.45) is 1.87. The molecule has 0 amide bonds. The van der Waals surface area contributed by atoms with Crippen LogP contribution >= 0.6 is 0 Å². The molecule has 0 unspecified atom stereocenters. The van der Waals surface area contributed by atoms with Gasteiger partial charge in [-0.25, -0.2) is 13.2 Å². The lowest BCUT2D eigenvalue weighted by atomic mass is 9.76. The Morgan fingerprint density at radius 3 is 2.29 bits per heavy atom. The Labute approximate surface area is 121 Å². The van der Waals surface area contributed by atoms with Gasteiger partial charge in [0.2, 0.25) is 0 Å². The molecule has 1 N–H and O–H groups in total. The summed E-state index contributed by atoms with van der Waals surface area (Å²) in [6.45, 7) is 0.324. The van der Waals surface area contributed by atoms with Crippen LogP contribution in [0.4, 0.5) is 13.2 Å². The van der Waals surface area contributed by atoms with Crippen LogP contribution in [-0.2, 0) is 6.54 Å². The standard InChI is InChI=1S/C17H16F3N/c18-14-3-1-11(2-4-14)12-8-16(9-12)21-10-13-7-15(19)5-6-17(13)20/h1-7,12,16,21H,8-10H2. The molecule has 1 fully saturated rings. The SMILES string of the molecule is Fc1ccc(C2CC(NCc3cc(F)ccc3F)C2)cc1. The van der Waals surface area contributed by atoms with E-state index in [-0.39, 0.29) is 5.82 Å². The predicted molar refractivity (Wildman–Crippen MR) is 75.4 cm³/mol. The summed E-state index contributed by atoms with van der Waals surface area (Å²) in [5.74, 6) is -0.626. The van der Waals surface area contributed by atoms with Crippen molar-refractivity contribution < 1.29 is 13.2 Å². The van der Waals surface area contributed by atoms with Crippen molar-refractivity contribution in [3.05, 3.63) is 71.0 Å². The maximum atomic E-state index is 13.5. The quantitative estimate of drug-likeness (QED) is 0.892. The fourth-order valence-corrected chi connectivity index (χ4v) is 2.72. The van der Waals surface area contributed by atoms with Gasteiger partial charge in [-0.2, -0.15) is 0 Å². The van der Waals surface area contributed by atoms with E-state index in [2.05, 4.69) is 5.32 Å². The van der Waals surface area contributed by atoms with Crippen LogP contribution in [0, 0.1) is 17.5 Å². The van der Waals surface area contributed by atoms with Gasteiger partial charge < -0.3 is 5.32 Å². The molecular weight excluding hydrogens is 275 g/mol. The Kier molecular flexibility index (Phi) is 3.97. The summed E-state index contributed by atoms with van der Waals surface area (Å²) in [5, 5.41) is 3.23. The van der Waals surface area contributed by atoms with Crippen molar-refractivity contribution in [3.63, 3.8) is 0 Å². The molecule has 0 radical (unpaired) electrons. The first-order valence-corrected chi connectivity index (χ1v) is 7.04. The van der Waals surface area contributed by atoms with E-state index in [1.165, 1.54) is 18.2 Å². The Morgan fingerprint density at radius 1 is 0.905 bits per heavy atom. The van der Waals surface area contributed by atoms with E-state index in [4.69, 9.17) is 0 Å². The molecule has 1 aliphatic carbocycles. The molecule has 0 spiro atoms. The first-order chi connectivity index (χ1) is 10.1. The first kappa shape index (κ1) is 14.1. The average molecular weight is 291 g/mol. The van der Waals surface area contributed by atoms with Crippen molar-refractivity contribution in [2.24, 2.45) is 0 Å². The van der Waals surface area contributed by atoms with Crippen LogP contribution in [0.2, 0.25) is 0 Å². The Balaban J connectivity index is 1.51. The fourth-order valence-electron chi connectivity index (χ4n) is 2.72. The highest BCUT2D eigenvalue weighted by Crippen LogP contribution is 2.37. The molecule has 2 aromatic carbocycles. The van der Waals surface area contributed by atoms with Crippen molar-refractivity contribution in [2.75, 3.05) is 0 Å². The maximum absolute atomic E-state index is 13.5. The zero-order chi connectivity index (χ0) is 14.8. The van der Waals surface area contributed by atoms with Gasteiger partial charge in [-0.05, 0) is 54.7 Å². The lowest BCUT2D eigenvalue weighted by Gasteiger charge is -2.36. The summed E-state index contributed by atoms with van der Waals surface area (Å²) in [7, 11) is 0.